The highest BCUT2D eigenvalue weighted by Gasteiger charge is 2.25. The smallest absolute Gasteiger partial charge is 0.205 e. The van der Waals surface area contributed by atoms with E-state index in [1.807, 2.05) is 18.2 Å². The van der Waals surface area contributed by atoms with E-state index >= 15 is 0 Å². The number of anilines is 1. The van der Waals surface area contributed by atoms with E-state index in [1.54, 1.807) is 40.1 Å². The third-order valence-corrected chi connectivity index (χ3v) is 5.11. The fourth-order valence-electron chi connectivity index (χ4n) is 3.70. The summed E-state index contributed by atoms with van der Waals surface area (Å²) < 4.78 is 22.6. The Labute approximate surface area is 169 Å². The largest absolute Gasteiger partial charge is 0.493 e. The van der Waals surface area contributed by atoms with Gasteiger partial charge in [-0.1, -0.05) is 0 Å². The number of methoxy groups -OCH3 is 3. The Bertz CT molecular complexity index is 975. The number of benzene rings is 1. The number of rotatable bonds is 6. The monoisotopic (exact) mass is 396 g/mol. The van der Waals surface area contributed by atoms with Crippen molar-refractivity contribution in [3.8, 4) is 23.0 Å². The molecule has 0 saturated carbocycles. The summed E-state index contributed by atoms with van der Waals surface area (Å²) in [4.78, 5) is 15.3. The highest BCUT2D eigenvalue weighted by Crippen LogP contribution is 2.44. The number of ether oxygens (including phenoxy) is 4. The number of pyridine rings is 1. The lowest BCUT2D eigenvalue weighted by Crippen LogP contribution is -2.38. The summed E-state index contributed by atoms with van der Waals surface area (Å²) in [7, 11) is 4.79. The Hall–Kier alpha value is -3.29. The minimum atomic E-state index is 0.172. The van der Waals surface area contributed by atoms with Crippen LogP contribution in [0.3, 0.4) is 0 Å². The topological polar surface area (TPSA) is 78.8 Å². The van der Waals surface area contributed by atoms with Crippen molar-refractivity contribution in [2.45, 2.75) is 18.9 Å². The Morgan fingerprint density at radius 1 is 0.931 bits per heavy atom. The van der Waals surface area contributed by atoms with Crippen molar-refractivity contribution in [1.82, 2.24) is 15.0 Å². The summed E-state index contributed by atoms with van der Waals surface area (Å²) in [5.74, 6) is 3.37. The molecule has 1 aliphatic rings. The van der Waals surface area contributed by atoms with Crippen LogP contribution >= 0.6 is 0 Å². The SMILES string of the molecule is COc1cc2c(N3CCC(Oc4ccncc4)CC3)ncnc2c(OC)c1OC. The molecule has 8 heteroatoms. The molecular formula is C21H24N4O4. The van der Waals surface area contributed by atoms with Crippen LogP contribution in [0.4, 0.5) is 5.82 Å². The number of nitrogens with zero attached hydrogens (tertiary/aromatic N) is 4. The average molecular weight is 396 g/mol. The molecule has 8 nitrogen and oxygen atoms in total. The fraction of sp³-hybridized carbons (Fsp3) is 0.381. The van der Waals surface area contributed by atoms with Crippen molar-refractivity contribution >= 4 is 16.7 Å². The van der Waals surface area contributed by atoms with Gasteiger partial charge in [-0.25, -0.2) is 9.97 Å². The van der Waals surface area contributed by atoms with Crippen LogP contribution in [0.1, 0.15) is 12.8 Å². The number of fused-ring (bicyclic) bond motifs is 1. The summed E-state index contributed by atoms with van der Waals surface area (Å²) in [6.45, 7) is 1.66. The molecule has 0 radical (unpaired) electrons. The van der Waals surface area contributed by atoms with Gasteiger partial charge in [0.1, 0.15) is 29.5 Å². The van der Waals surface area contributed by atoms with E-state index in [1.165, 1.54) is 0 Å². The average Bonchev–Trinajstić information content (AvgIpc) is 2.78. The molecule has 152 valence electrons. The molecule has 29 heavy (non-hydrogen) atoms. The van der Waals surface area contributed by atoms with E-state index in [0.29, 0.717) is 22.8 Å². The summed E-state index contributed by atoms with van der Waals surface area (Å²) in [5, 5.41) is 0.871. The van der Waals surface area contributed by atoms with Crippen molar-refractivity contribution in [2.75, 3.05) is 39.3 Å². The molecule has 0 aliphatic carbocycles. The van der Waals surface area contributed by atoms with Crippen LogP contribution in [0, 0.1) is 0 Å². The third kappa shape index (κ3) is 3.70. The van der Waals surface area contributed by atoms with Crippen LogP contribution in [0.5, 0.6) is 23.0 Å². The lowest BCUT2D eigenvalue weighted by atomic mass is 10.1. The maximum Gasteiger partial charge on any atom is 0.205 e. The van der Waals surface area contributed by atoms with Crippen molar-refractivity contribution in [3.05, 3.63) is 36.9 Å². The van der Waals surface area contributed by atoms with Crippen LogP contribution in [0.2, 0.25) is 0 Å². The lowest BCUT2D eigenvalue weighted by Gasteiger charge is -2.33. The van der Waals surface area contributed by atoms with Gasteiger partial charge in [-0.3, -0.25) is 4.98 Å². The molecule has 3 heterocycles. The van der Waals surface area contributed by atoms with Crippen molar-refractivity contribution < 1.29 is 18.9 Å². The van der Waals surface area contributed by atoms with E-state index in [2.05, 4.69) is 19.9 Å². The summed E-state index contributed by atoms with van der Waals surface area (Å²) in [6.07, 6.45) is 7.02. The maximum absolute atomic E-state index is 6.07. The first-order valence-electron chi connectivity index (χ1n) is 9.50. The molecule has 1 aliphatic heterocycles. The molecule has 0 N–H and O–H groups in total. The molecular weight excluding hydrogens is 372 g/mol. The highest BCUT2D eigenvalue weighted by atomic mass is 16.5. The van der Waals surface area contributed by atoms with E-state index in [0.717, 1.165) is 42.9 Å². The van der Waals surface area contributed by atoms with Gasteiger partial charge in [0.05, 0.1) is 26.7 Å². The second-order valence-electron chi connectivity index (χ2n) is 6.73. The van der Waals surface area contributed by atoms with Gasteiger partial charge in [-0.15, -0.1) is 0 Å². The second kappa shape index (κ2) is 8.38. The molecule has 4 rings (SSSR count). The van der Waals surface area contributed by atoms with Crippen LogP contribution < -0.4 is 23.8 Å². The minimum absolute atomic E-state index is 0.172. The predicted octanol–water partition coefficient (Wildman–Crippen LogP) is 3.10. The quantitative estimate of drug-likeness (QED) is 0.629. The van der Waals surface area contributed by atoms with Crippen molar-refractivity contribution in [2.24, 2.45) is 0 Å². The van der Waals surface area contributed by atoms with Crippen molar-refractivity contribution in [3.63, 3.8) is 0 Å². The maximum atomic E-state index is 6.07. The Morgan fingerprint density at radius 3 is 2.31 bits per heavy atom. The predicted molar refractivity (Wildman–Crippen MR) is 109 cm³/mol. The van der Waals surface area contributed by atoms with Gasteiger partial charge in [0.25, 0.3) is 0 Å². The molecule has 0 atom stereocenters. The zero-order valence-corrected chi connectivity index (χ0v) is 16.8. The first-order chi connectivity index (χ1) is 14.2. The molecule has 1 aromatic carbocycles. The molecule has 0 amide bonds. The number of piperidine rings is 1. The third-order valence-electron chi connectivity index (χ3n) is 5.11. The normalized spacial score (nSPS) is 14.7. The molecule has 3 aromatic rings. The van der Waals surface area contributed by atoms with Crippen molar-refractivity contribution in [1.29, 1.82) is 0 Å². The Morgan fingerprint density at radius 2 is 1.66 bits per heavy atom. The molecule has 0 spiro atoms. The summed E-state index contributed by atoms with van der Waals surface area (Å²) in [5.41, 5.74) is 0.699. The zero-order valence-electron chi connectivity index (χ0n) is 16.8. The van der Waals surface area contributed by atoms with E-state index in [-0.39, 0.29) is 6.10 Å². The van der Waals surface area contributed by atoms with E-state index in [9.17, 15) is 0 Å². The molecule has 1 saturated heterocycles. The van der Waals surface area contributed by atoms with Gasteiger partial charge < -0.3 is 23.8 Å². The van der Waals surface area contributed by atoms with E-state index < -0.39 is 0 Å². The molecule has 2 aromatic heterocycles. The molecule has 1 fully saturated rings. The van der Waals surface area contributed by atoms with Crippen LogP contribution in [0.25, 0.3) is 10.9 Å². The van der Waals surface area contributed by atoms with Gasteiger partial charge >= 0.3 is 0 Å². The second-order valence-corrected chi connectivity index (χ2v) is 6.73. The zero-order chi connectivity index (χ0) is 20.2. The lowest BCUT2D eigenvalue weighted by molar-refractivity contribution is 0.170. The summed E-state index contributed by atoms with van der Waals surface area (Å²) >= 11 is 0. The van der Waals surface area contributed by atoms with Gasteiger partial charge in [0, 0.05) is 38.3 Å². The first-order valence-corrected chi connectivity index (χ1v) is 9.50. The summed E-state index contributed by atoms with van der Waals surface area (Å²) in [6, 6.07) is 5.68. The number of hydrogen-bond acceptors (Lipinski definition) is 8. The fourth-order valence-corrected chi connectivity index (χ4v) is 3.70. The van der Waals surface area contributed by atoms with Gasteiger partial charge in [0.15, 0.2) is 11.5 Å². The Balaban J connectivity index is 1.60. The highest BCUT2D eigenvalue weighted by molar-refractivity contribution is 5.97. The number of aromatic nitrogens is 3. The van der Waals surface area contributed by atoms with Gasteiger partial charge in [0.2, 0.25) is 5.75 Å². The van der Waals surface area contributed by atoms with Crippen LogP contribution in [-0.2, 0) is 0 Å². The Kier molecular flexibility index (Phi) is 5.50. The molecule has 0 bridgehead atoms. The standard InChI is InChI=1S/C21H24N4O4/c1-26-17-12-16-18(20(28-3)19(17)27-2)23-13-24-21(16)25-10-6-15(7-11-25)29-14-4-8-22-9-5-14/h4-5,8-9,12-13,15H,6-7,10-11H2,1-3H3. The molecule has 0 unspecified atom stereocenters. The van der Waals surface area contributed by atoms with E-state index in [4.69, 9.17) is 18.9 Å². The van der Waals surface area contributed by atoms with Crippen LogP contribution in [0.15, 0.2) is 36.9 Å². The number of hydrogen-bond donors (Lipinski definition) is 0. The first kappa shape index (κ1) is 19.0. The van der Waals surface area contributed by atoms with Crippen LogP contribution in [-0.4, -0.2) is 55.5 Å². The minimum Gasteiger partial charge on any atom is -0.493 e. The van der Waals surface area contributed by atoms with Gasteiger partial charge in [-0.05, 0) is 18.2 Å². The van der Waals surface area contributed by atoms with Gasteiger partial charge in [-0.2, -0.15) is 0 Å².